The van der Waals surface area contributed by atoms with Crippen molar-refractivity contribution in [1.29, 1.82) is 0 Å². The fourth-order valence-electron chi connectivity index (χ4n) is 1.82. The highest BCUT2D eigenvalue weighted by Crippen LogP contribution is 2.16. The number of nitrogens with two attached hydrogens (primary N) is 2. The normalized spacial score (nSPS) is 12.4. The number of rotatable bonds is 9. The van der Waals surface area contributed by atoms with Crippen LogP contribution in [0.25, 0.3) is 0 Å². The van der Waals surface area contributed by atoms with Crippen LogP contribution < -0.4 is 15.4 Å². The Labute approximate surface area is 109 Å². The van der Waals surface area contributed by atoms with E-state index in [2.05, 4.69) is 16.7 Å². The average molecular weight is 254 g/mol. The molecule has 0 fully saturated rings. The number of hydrogen-bond donors (Lipinski definition) is 3. The highest BCUT2D eigenvalue weighted by Gasteiger charge is 2.04. The molecule has 0 radical (unpaired) electrons. The molecule has 1 atom stereocenters. The third-order valence-electron chi connectivity index (χ3n) is 2.72. The van der Waals surface area contributed by atoms with Gasteiger partial charge in [-0.2, -0.15) is 0 Å². The Balaban J connectivity index is 2.22. The standard InChI is InChI=1S/C14H24N2O2/c1-3-18-14-7-5-4-6-13(14)11-16-9-8-15-10-12(2)17/h4-7,12,15-17H,3,8-11H2,1-2H3/p+2/t12-/m1/s1. The van der Waals surface area contributed by atoms with Crippen molar-refractivity contribution in [1.82, 2.24) is 0 Å². The topological polar surface area (TPSA) is 62.7 Å². The van der Waals surface area contributed by atoms with Gasteiger partial charge in [-0.1, -0.05) is 12.1 Å². The van der Waals surface area contributed by atoms with Crippen molar-refractivity contribution in [2.24, 2.45) is 0 Å². The first-order valence-electron chi connectivity index (χ1n) is 6.76. The van der Waals surface area contributed by atoms with Crippen molar-refractivity contribution in [2.45, 2.75) is 26.5 Å². The van der Waals surface area contributed by atoms with Gasteiger partial charge in [0.1, 0.15) is 31.9 Å². The van der Waals surface area contributed by atoms with Crippen molar-refractivity contribution >= 4 is 0 Å². The molecule has 0 aromatic heterocycles. The molecular formula is C14H26N2O2+2. The van der Waals surface area contributed by atoms with E-state index < -0.39 is 0 Å². The van der Waals surface area contributed by atoms with Crippen molar-refractivity contribution < 1.29 is 20.5 Å². The molecule has 0 aliphatic carbocycles. The van der Waals surface area contributed by atoms with Crippen LogP contribution in [-0.2, 0) is 6.54 Å². The molecule has 0 aliphatic heterocycles. The molecule has 4 heteroatoms. The lowest BCUT2D eigenvalue weighted by Gasteiger charge is -2.09. The van der Waals surface area contributed by atoms with E-state index in [4.69, 9.17) is 9.84 Å². The summed E-state index contributed by atoms with van der Waals surface area (Å²) in [6.07, 6.45) is -0.219. The number of quaternary nitrogens is 2. The first kappa shape index (κ1) is 15.0. The van der Waals surface area contributed by atoms with Crippen LogP contribution in [0.4, 0.5) is 0 Å². The molecule has 0 saturated heterocycles. The molecule has 5 N–H and O–H groups in total. The van der Waals surface area contributed by atoms with Gasteiger partial charge in [-0.25, -0.2) is 0 Å². The van der Waals surface area contributed by atoms with Gasteiger partial charge < -0.3 is 20.5 Å². The molecule has 4 nitrogen and oxygen atoms in total. The van der Waals surface area contributed by atoms with E-state index in [0.717, 1.165) is 31.9 Å². The first-order valence-corrected chi connectivity index (χ1v) is 6.76. The van der Waals surface area contributed by atoms with E-state index >= 15 is 0 Å². The van der Waals surface area contributed by atoms with Crippen LogP contribution in [0, 0.1) is 0 Å². The number of benzene rings is 1. The maximum absolute atomic E-state index is 9.12. The summed E-state index contributed by atoms with van der Waals surface area (Å²) in [5.41, 5.74) is 1.25. The Hall–Kier alpha value is -1.10. The largest absolute Gasteiger partial charge is 0.493 e. The third kappa shape index (κ3) is 6.00. The fourth-order valence-corrected chi connectivity index (χ4v) is 1.82. The van der Waals surface area contributed by atoms with Gasteiger partial charge in [-0.15, -0.1) is 0 Å². The molecule has 1 aromatic rings. The molecule has 1 aromatic carbocycles. The highest BCUT2D eigenvalue weighted by molar-refractivity contribution is 5.32. The van der Waals surface area contributed by atoms with Gasteiger partial charge in [0.15, 0.2) is 0 Å². The molecule has 0 heterocycles. The number of aliphatic hydroxyl groups excluding tert-OH is 1. The minimum atomic E-state index is -0.219. The number of hydrogen-bond acceptors (Lipinski definition) is 2. The monoisotopic (exact) mass is 254 g/mol. The third-order valence-corrected chi connectivity index (χ3v) is 2.72. The summed E-state index contributed by atoms with van der Waals surface area (Å²) in [7, 11) is 0. The van der Waals surface area contributed by atoms with Gasteiger partial charge in [0.25, 0.3) is 0 Å². The summed E-state index contributed by atoms with van der Waals surface area (Å²) in [5, 5.41) is 13.5. The van der Waals surface area contributed by atoms with Crippen LogP contribution in [0.3, 0.4) is 0 Å². The second kappa shape index (κ2) is 8.91. The van der Waals surface area contributed by atoms with E-state index in [-0.39, 0.29) is 6.10 Å². The Kier molecular flexibility index (Phi) is 7.41. The molecule has 0 amide bonds. The summed E-state index contributed by atoms with van der Waals surface area (Å²) in [5.74, 6) is 0.990. The van der Waals surface area contributed by atoms with Gasteiger partial charge in [-0.3, -0.25) is 0 Å². The van der Waals surface area contributed by atoms with E-state index in [0.29, 0.717) is 6.61 Å². The molecule has 18 heavy (non-hydrogen) atoms. The molecule has 0 aliphatic rings. The lowest BCUT2D eigenvalue weighted by atomic mass is 10.2. The second-order valence-corrected chi connectivity index (χ2v) is 4.48. The molecule has 1 rings (SSSR count). The number of para-hydroxylation sites is 1. The van der Waals surface area contributed by atoms with Crippen LogP contribution in [0.5, 0.6) is 5.75 Å². The predicted molar refractivity (Wildman–Crippen MR) is 71.4 cm³/mol. The lowest BCUT2D eigenvalue weighted by molar-refractivity contribution is -0.733. The zero-order valence-corrected chi connectivity index (χ0v) is 11.4. The maximum atomic E-state index is 9.12. The van der Waals surface area contributed by atoms with Crippen LogP contribution in [0.1, 0.15) is 19.4 Å². The molecular weight excluding hydrogens is 228 g/mol. The van der Waals surface area contributed by atoms with Crippen molar-refractivity contribution in [3.63, 3.8) is 0 Å². The molecule has 0 spiro atoms. The lowest BCUT2D eigenvalue weighted by Crippen LogP contribution is -2.95. The van der Waals surface area contributed by atoms with Gasteiger partial charge >= 0.3 is 0 Å². The van der Waals surface area contributed by atoms with Gasteiger partial charge in [-0.05, 0) is 26.0 Å². The van der Waals surface area contributed by atoms with Gasteiger partial charge in [0, 0.05) is 5.56 Å². The summed E-state index contributed by atoms with van der Waals surface area (Å²) in [6.45, 7) is 8.33. The minimum Gasteiger partial charge on any atom is -0.493 e. The van der Waals surface area contributed by atoms with Crippen molar-refractivity contribution in [3.8, 4) is 5.75 Å². The van der Waals surface area contributed by atoms with E-state index in [1.54, 1.807) is 0 Å². The Morgan fingerprint density at radius 1 is 1.22 bits per heavy atom. The summed E-state index contributed by atoms with van der Waals surface area (Å²) >= 11 is 0. The maximum Gasteiger partial charge on any atom is 0.128 e. The van der Waals surface area contributed by atoms with E-state index in [1.807, 2.05) is 32.0 Å². The zero-order chi connectivity index (χ0) is 13.2. The molecule has 0 unspecified atom stereocenters. The van der Waals surface area contributed by atoms with Crippen LogP contribution >= 0.6 is 0 Å². The summed E-state index contributed by atoms with van der Waals surface area (Å²) in [6, 6.07) is 8.18. The predicted octanol–water partition coefficient (Wildman–Crippen LogP) is -0.907. The molecule has 0 saturated carbocycles. The van der Waals surface area contributed by atoms with Crippen LogP contribution in [0.15, 0.2) is 24.3 Å². The fraction of sp³-hybridized carbons (Fsp3) is 0.571. The SMILES string of the molecule is CCOc1ccccc1C[NH2+]CC[NH2+]C[C@@H](C)O. The minimum absolute atomic E-state index is 0.219. The summed E-state index contributed by atoms with van der Waals surface area (Å²) in [4.78, 5) is 0. The van der Waals surface area contributed by atoms with Crippen molar-refractivity contribution in [3.05, 3.63) is 29.8 Å². The second-order valence-electron chi connectivity index (χ2n) is 4.48. The zero-order valence-electron chi connectivity index (χ0n) is 11.4. The van der Waals surface area contributed by atoms with E-state index in [1.165, 1.54) is 5.56 Å². The van der Waals surface area contributed by atoms with Crippen LogP contribution in [0.2, 0.25) is 0 Å². The molecule has 102 valence electrons. The Morgan fingerprint density at radius 2 is 1.94 bits per heavy atom. The number of ether oxygens (including phenoxy) is 1. The average Bonchev–Trinajstić information content (AvgIpc) is 2.35. The first-order chi connectivity index (χ1) is 8.74. The van der Waals surface area contributed by atoms with Crippen molar-refractivity contribution in [2.75, 3.05) is 26.2 Å². The van der Waals surface area contributed by atoms with Gasteiger partial charge in [0.05, 0.1) is 12.7 Å². The quantitative estimate of drug-likeness (QED) is 0.500. The number of aliphatic hydroxyl groups is 1. The smallest absolute Gasteiger partial charge is 0.128 e. The van der Waals surface area contributed by atoms with E-state index in [9.17, 15) is 0 Å². The Morgan fingerprint density at radius 3 is 2.67 bits per heavy atom. The molecule has 0 bridgehead atoms. The van der Waals surface area contributed by atoms with Crippen LogP contribution in [-0.4, -0.2) is 37.5 Å². The van der Waals surface area contributed by atoms with Gasteiger partial charge in [0.2, 0.25) is 0 Å². The Bertz CT molecular complexity index is 329. The highest BCUT2D eigenvalue weighted by atomic mass is 16.5. The summed E-state index contributed by atoms with van der Waals surface area (Å²) < 4.78 is 5.59.